The van der Waals surface area contributed by atoms with E-state index >= 15 is 0 Å². The van der Waals surface area contributed by atoms with E-state index in [4.69, 9.17) is 14.2 Å². The number of hydrogen-bond acceptors (Lipinski definition) is 5. The maximum atomic E-state index is 13.2. The van der Waals surface area contributed by atoms with Crippen LogP contribution in [0.5, 0.6) is 17.2 Å². The summed E-state index contributed by atoms with van der Waals surface area (Å²) in [6.45, 7) is 4.08. The molecule has 4 rings (SSSR count). The molecule has 170 valence electrons. The highest BCUT2D eigenvalue weighted by atomic mass is 16.6. The first kappa shape index (κ1) is 22.4. The number of aromatic nitrogens is 1. The lowest BCUT2D eigenvalue weighted by Gasteiger charge is -2.22. The minimum absolute atomic E-state index is 0.0905. The standard InChI is InChI=1S/C27H28N2O4/c1-3-20-6-8-21(9-7-20)18-29(19-23-5-4-12-28-17-23)26(30)11-10-22-15-24(31-2)27-25(16-22)32-13-14-33-27/h4-12,15-17H,3,13-14,18-19H2,1-2H3/b11-10+. The van der Waals surface area contributed by atoms with Gasteiger partial charge in [0.1, 0.15) is 13.2 Å². The van der Waals surface area contributed by atoms with Crippen LogP contribution in [0.2, 0.25) is 0 Å². The number of ether oxygens (including phenoxy) is 3. The first-order chi connectivity index (χ1) is 16.2. The molecular weight excluding hydrogens is 416 g/mol. The summed E-state index contributed by atoms with van der Waals surface area (Å²) in [7, 11) is 1.59. The van der Waals surface area contributed by atoms with Crippen molar-refractivity contribution in [3.8, 4) is 17.2 Å². The van der Waals surface area contributed by atoms with Crippen LogP contribution in [0.3, 0.4) is 0 Å². The van der Waals surface area contributed by atoms with Gasteiger partial charge in [0.2, 0.25) is 11.7 Å². The van der Waals surface area contributed by atoms with E-state index in [1.54, 1.807) is 31.7 Å². The van der Waals surface area contributed by atoms with Gasteiger partial charge in [-0.05, 0) is 52.9 Å². The zero-order valence-electron chi connectivity index (χ0n) is 19.0. The van der Waals surface area contributed by atoms with Gasteiger partial charge in [0, 0.05) is 31.6 Å². The summed E-state index contributed by atoms with van der Waals surface area (Å²) >= 11 is 0. The molecule has 1 aliphatic rings. The molecule has 0 atom stereocenters. The van der Waals surface area contributed by atoms with E-state index in [-0.39, 0.29) is 5.91 Å². The van der Waals surface area contributed by atoms with Gasteiger partial charge < -0.3 is 19.1 Å². The largest absolute Gasteiger partial charge is 0.493 e. The third kappa shape index (κ3) is 5.71. The van der Waals surface area contributed by atoms with Crippen LogP contribution in [0.4, 0.5) is 0 Å². The van der Waals surface area contributed by atoms with Crippen molar-refractivity contribution in [2.24, 2.45) is 0 Å². The van der Waals surface area contributed by atoms with E-state index in [0.29, 0.717) is 43.6 Å². The van der Waals surface area contributed by atoms with Crippen LogP contribution in [0, 0.1) is 0 Å². The summed E-state index contributed by atoms with van der Waals surface area (Å²) in [5.74, 6) is 1.71. The van der Waals surface area contributed by atoms with Crippen LogP contribution in [0.1, 0.15) is 29.2 Å². The molecule has 0 spiro atoms. The summed E-state index contributed by atoms with van der Waals surface area (Å²) in [4.78, 5) is 19.2. The second kappa shape index (κ2) is 10.7. The molecule has 6 nitrogen and oxygen atoms in total. The van der Waals surface area contributed by atoms with E-state index in [9.17, 15) is 4.79 Å². The Balaban J connectivity index is 1.55. The highest BCUT2D eigenvalue weighted by Gasteiger charge is 2.18. The number of carbonyl (C=O) groups is 1. The summed E-state index contributed by atoms with van der Waals surface area (Å²) in [6, 6.07) is 15.9. The van der Waals surface area contributed by atoms with Crippen molar-refractivity contribution in [2.45, 2.75) is 26.4 Å². The van der Waals surface area contributed by atoms with E-state index in [1.807, 2.05) is 29.2 Å². The summed E-state index contributed by atoms with van der Waals surface area (Å²) in [5.41, 5.74) is 4.14. The number of pyridine rings is 1. The Hall–Kier alpha value is -3.80. The maximum Gasteiger partial charge on any atom is 0.247 e. The topological polar surface area (TPSA) is 60.9 Å². The van der Waals surface area contributed by atoms with Crippen LogP contribution >= 0.6 is 0 Å². The molecule has 0 N–H and O–H groups in total. The Morgan fingerprint density at radius 3 is 2.55 bits per heavy atom. The first-order valence-electron chi connectivity index (χ1n) is 11.1. The van der Waals surface area contributed by atoms with Gasteiger partial charge in [-0.15, -0.1) is 0 Å². The van der Waals surface area contributed by atoms with Crippen LogP contribution in [-0.4, -0.2) is 36.1 Å². The van der Waals surface area contributed by atoms with Gasteiger partial charge in [-0.2, -0.15) is 0 Å². The predicted octanol–water partition coefficient (Wildman–Crippen LogP) is 4.67. The second-order valence-electron chi connectivity index (χ2n) is 7.81. The quantitative estimate of drug-likeness (QED) is 0.473. The van der Waals surface area contributed by atoms with E-state index in [1.165, 1.54) is 5.56 Å². The van der Waals surface area contributed by atoms with Gasteiger partial charge in [-0.3, -0.25) is 9.78 Å². The minimum atomic E-state index is -0.0905. The van der Waals surface area contributed by atoms with Crippen molar-refractivity contribution in [2.75, 3.05) is 20.3 Å². The van der Waals surface area contributed by atoms with Gasteiger partial charge in [0.25, 0.3) is 0 Å². The first-order valence-corrected chi connectivity index (χ1v) is 11.1. The number of nitrogens with zero attached hydrogens (tertiary/aromatic N) is 2. The fraction of sp³-hybridized carbons (Fsp3) is 0.259. The highest BCUT2D eigenvalue weighted by molar-refractivity contribution is 5.92. The zero-order valence-corrected chi connectivity index (χ0v) is 19.0. The molecule has 2 aromatic carbocycles. The number of benzene rings is 2. The number of aryl methyl sites for hydroxylation is 1. The van der Waals surface area contributed by atoms with Crippen LogP contribution in [0.15, 0.2) is 67.0 Å². The van der Waals surface area contributed by atoms with Crippen LogP contribution < -0.4 is 14.2 Å². The lowest BCUT2D eigenvalue weighted by Crippen LogP contribution is -2.28. The molecule has 1 aliphatic heterocycles. The Morgan fingerprint density at radius 2 is 1.82 bits per heavy atom. The lowest BCUT2D eigenvalue weighted by atomic mass is 10.1. The molecule has 0 bridgehead atoms. The number of fused-ring (bicyclic) bond motifs is 1. The number of rotatable bonds is 8. The van der Waals surface area contributed by atoms with Gasteiger partial charge in [-0.1, -0.05) is 37.3 Å². The number of hydrogen-bond donors (Lipinski definition) is 0. The minimum Gasteiger partial charge on any atom is -0.493 e. The monoisotopic (exact) mass is 444 g/mol. The molecule has 1 amide bonds. The summed E-state index contributed by atoms with van der Waals surface area (Å²) < 4.78 is 16.8. The van der Waals surface area contributed by atoms with Gasteiger partial charge >= 0.3 is 0 Å². The van der Waals surface area contributed by atoms with Gasteiger partial charge in [-0.25, -0.2) is 0 Å². The maximum absolute atomic E-state index is 13.2. The molecule has 0 fully saturated rings. The molecule has 2 heterocycles. The average Bonchev–Trinajstić information content (AvgIpc) is 2.87. The highest BCUT2D eigenvalue weighted by Crippen LogP contribution is 2.40. The molecular formula is C27H28N2O4. The average molecular weight is 445 g/mol. The van der Waals surface area contributed by atoms with Crippen molar-refractivity contribution >= 4 is 12.0 Å². The third-order valence-electron chi connectivity index (χ3n) is 5.48. The molecule has 0 radical (unpaired) electrons. The smallest absolute Gasteiger partial charge is 0.247 e. The Kier molecular flexibility index (Phi) is 7.25. The third-order valence-corrected chi connectivity index (χ3v) is 5.48. The second-order valence-corrected chi connectivity index (χ2v) is 7.81. The Labute approximate surface area is 194 Å². The van der Waals surface area contributed by atoms with Crippen molar-refractivity contribution in [1.29, 1.82) is 0 Å². The fourth-order valence-electron chi connectivity index (χ4n) is 3.69. The zero-order chi connectivity index (χ0) is 23.0. The van der Waals surface area contributed by atoms with Crippen molar-refractivity contribution in [3.05, 3.63) is 89.3 Å². The van der Waals surface area contributed by atoms with Crippen LogP contribution in [0.25, 0.3) is 6.08 Å². The van der Waals surface area contributed by atoms with Crippen molar-refractivity contribution in [3.63, 3.8) is 0 Å². The number of carbonyl (C=O) groups excluding carboxylic acids is 1. The lowest BCUT2D eigenvalue weighted by molar-refractivity contribution is -0.127. The van der Waals surface area contributed by atoms with E-state index in [2.05, 4.69) is 36.2 Å². The number of methoxy groups -OCH3 is 1. The molecule has 1 aromatic heterocycles. The molecule has 0 unspecified atom stereocenters. The van der Waals surface area contributed by atoms with Gasteiger partial charge in [0.05, 0.1) is 7.11 Å². The SMILES string of the molecule is CCc1ccc(CN(Cc2cccnc2)C(=O)/C=C/c2cc(OC)c3c(c2)OCCO3)cc1. The van der Waals surface area contributed by atoms with Crippen molar-refractivity contribution < 1.29 is 19.0 Å². The molecule has 3 aromatic rings. The Morgan fingerprint density at radius 1 is 1.06 bits per heavy atom. The molecule has 0 saturated heterocycles. The fourth-order valence-corrected chi connectivity index (χ4v) is 3.69. The molecule has 0 saturated carbocycles. The molecule has 6 heteroatoms. The Bertz CT molecular complexity index is 1090. The molecule has 33 heavy (non-hydrogen) atoms. The summed E-state index contributed by atoms with van der Waals surface area (Å²) in [5, 5.41) is 0. The van der Waals surface area contributed by atoms with E-state index in [0.717, 1.165) is 23.1 Å². The molecule has 0 aliphatic carbocycles. The van der Waals surface area contributed by atoms with E-state index < -0.39 is 0 Å². The normalized spacial score (nSPS) is 12.5. The predicted molar refractivity (Wildman–Crippen MR) is 127 cm³/mol. The van der Waals surface area contributed by atoms with Gasteiger partial charge in [0.15, 0.2) is 11.5 Å². The summed E-state index contributed by atoms with van der Waals surface area (Å²) in [6.07, 6.45) is 7.87. The van der Waals surface area contributed by atoms with Crippen LogP contribution in [-0.2, 0) is 24.3 Å². The van der Waals surface area contributed by atoms with Crippen molar-refractivity contribution in [1.82, 2.24) is 9.88 Å². The number of amides is 1.